The van der Waals surface area contributed by atoms with Crippen LogP contribution in [0, 0.1) is 0 Å². The standard InChI is InChI=1S/C15H20N4/c1-4-15-17-9-7-14(18-15)11-19(3)12(2)13-6-5-8-16-10-13/h5-10,12H,4,11H2,1-3H3/t12-/m1/s1. The highest BCUT2D eigenvalue weighted by Crippen LogP contribution is 2.18. The molecule has 2 aromatic rings. The van der Waals surface area contributed by atoms with E-state index in [9.17, 15) is 0 Å². The molecule has 0 fully saturated rings. The summed E-state index contributed by atoms with van der Waals surface area (Å²) in [5.41, 5.74) is 2.28. The third-order valence-corrected chi connectivity index (χ3v) is 3.32. The van der Waals surface area contributed by atoms with Crippen LogP contribution in [0.3, 0.4) is 0 Å². The SMILES string of the molecule is CCc1nccc(CN(C)[C@H](C)c2cccnc2)n1. The summed E-state index contributed by atoms with van der Waals surface area (Å²) in [6, 6.07) is 6.37. The van der Waals surface area contributed by atoms with Gasteiger partial charge >= 0.3 is 0 Å². The molecule has 0 N–H and O–H groups in total. The van der Waals surface area contributed by atoms with Gasteiger partial charge in [0.25, 0.3) is 0 Å². The summed E-state index contributed by atoms with van der Waals surface area (Å²) in [4.78, 5) is 15.2. The molecule has 0 aliphatic rings. The minimum absolute atomic E-state index is 0.314. The Balaban J connectivity index is 2.06. The molecule has 0 aliphatic carbocycles. The third-order valence-electron chi connectivity index (χ3n) is 3.32. The van der Waals surface area contributed by atoms with E-state index in [-0.39, 0.29) is 0 Å². The van der Waals surface area contributed by atoms with Crippen molar-refractivity contribution >= 4 is 0 Å². The van der Waals surface area contributed by atoms with Crippen LogP contribution in [-0.4, -0.2) is 26.9 Å². The number of aromatic nitrogens is 3. The first-order valence-electron chi connectivity index (χ1n) is 6.61. The van der Waals surface area contributed by atoms with Crippen LogP contribution in [0.1, 0.15) is 37.0 Å². The number of pyridine rings is 1. The van der Waals surface area contributed by atoms with Gasteiger partial charge in [-0.2, -0.15) is 0 Å². The predicted octanol–water partition coefficient (Wildman–Crippen LogP) is 2.63. The summed E-state index contributed by atoms with van der Waals surface area (Å²) in [5.74, 6) is 0.903. The lowest BCUT2D eigenvalue weighted by molar-refractivity contribution is 0.249. The molecule has 0 unspecified atom stereocenters. The minimum atomic E-state index is 0.314. The maximum Gasteiger partial charge on any atom is 0.128 e. The molecule has 2 aromatic heterocycles. The monoisotopic (exact) mass is 256 g/mol. The Morgan fingerprint density at radius 2 is 2.11 bits per heavy atom. The first-order chi connectivity index (χ1) is 9.20. The smallest absolute Gasteiger partial charge is 0.128 e. The van der Waals surface area contributed by atoms with Crippen LogP contribution >= 0.6 is 0 Å². The minimum Gasteiger partial charge on any atom is -0.294 e. The van der Waals surface area contributed by atoms with Crippen molar-refractivity contribution in [1.29, 1.82) is 0 Å². The van der Waals surface area contributed by atoms with Gasteiger partial charge in [-0.15, -0.1) is 0 Å². The van der Waals surface area contributed by atoms with Gasteiger partial charge in [0.05, 0.1) is 5.69 Å². The first kappa shape index (κ1) is 13.6. The van der Waals surface area contributed by atoms with Gasteiger partial charge < -0.3 is 0 Å². The van der Waals surface area contributed by atoms with Gasteiger partial charge in [0.2, 0.25) is 0 Å². The van der Waals surface area contributed by atoms with Crippen LogP contribution in [0.25, 0.3) is 0 Å². The van der Waals surface area contributed by atoms with E-state index in [1.165, 1.54) is 5.56 Å². The maximum atomic E-state index is 4.54. The predicted molar refractivity (Wildman–Crippen MR) is 75.5 cm³/mol. The molecule has 0 aliphatic heterocycles. The van der Waals surface area contributed by atoms with E-state index >= 15 is 0 Å². The molecule has 0 spiro atoms. The molecule has 1 atom stereocenters. The molecule has 0 saturated carbocycles. The average molecular weight is 256 g/mol. The molecule has 4 heteroatoms. The zero-order chi connectivity index (χ0) is 13.7. The molecule has 19 heavy (non-hydrogen) atoms. The number of rotatable bonds is 5. The van der Waals surface area contributed by atoms with Crippen LogP contribution in [0.4, 0.5) is 0 Å². The van der Waals surface area contributed by atoms with Crippen molar-refractivity contribution in [1.82, 2.24) is 19.9 Å². The van der Waals surface area contributed by atoms with Crippen molar-refractivity contribution < 1.29 is 0 Å². The van der Waals surface area contributed by atoms with E-state index in [2.05, 4.69) is 46.8 Å². The number of aryl methyl sites for hydroxylation is 1. The van der Waals surface area contributed by atoms with Gasteiger partial charge in [-0.1, -0.05) is 13.0 Å². The van der Waals surface area contributed by atoms with Gasteiger partial charge in [0, 0.05) is 37.6 Å². The first-order valence-corrected chi connectivity index (χ1v) is 6.61. The van der Waals surface area contributed by atoms with Crippen LogP contribution < -0.4 is 0 Å². The molecular weight excluding hydrogens is 236 g/mol. The largest absolute Gasteiger partial charge is 0.294 e. The van der Waals surface area contributed by atoms with Gasteiger partial charge in [0.15, 0.2) is 0 Å². The highest BCUT2D eigenvalue weighted by Gasteiger charge is 2.12. The Morgan fingerprint density at radius 3 is 2.79 bits per heavy atom. The summed E-state index contributed by atoms with van der Waals surface area (Å²) in [6.07, 6.45) is 6.42. The molecule has 2 heterocycles. The highest BCUT2D eigenvalue weighted by molar-refractivity contribution is 5.13. The fraction of sp³-hybridized carbons (Fsp3) is 0.400. The van der Waals surface area contributed by atoms with Crippen molar-refractivity contribution in [2.24, 2.45) is 0 Å². The summed E-state index contributed by atoms with van der Waals surface area (Å²) < 4.78 is 0. The third kappa shape index (κ3) is 3.58. The zero-order valence-corrected chi connectivity index (χ0v) is 11.7. The molecular formula is C15H20N4. The number of hydrogen-bond acceptors (Lipinski definition) is 4. The zero-order valence-electron chi connectivity index (χ0n) is 11.7. The number of nitrogens with zero attached hydrogens (tertiary/aromatic N) is 4. The quantitative estimate of drug-likeness (QED) is 0.824. The lowest BCUT2D eigenvalue weighted by Gasteiger charge is -2.24. The van der Waals surface area contributed by atoms with E-state index < -0.39 is 0 Å². The molecule has 0 radical (unpaired) electrons. The van der Waals surface area contributed by atoms with Crippen LogP contribution in [-0.2, 0) is 13.0 Å². The molecule has 0 bridgehead atoms. The fourth-order valence-electron chi connectivity index (χ4n) is 1.97. The van der Waals surface area contributed by atoms with E-state index in [0.717, 1.165) is 24.5 Å². The Labute approximate surface area is 114 Å². The summed E-state index contributed by atoms with van der Waals surface area (Å²) in [5, 5.41) is 0. The molecule has 100 valence electrons. The summed E-state index contributed by atoms with van der Waals surface area (Å²) >= 11 is 0. The van der Waals surface area contributed by atoms with Gasteiger partial charge in [-0.3, -0.25) is 9.88 Å². The summed E-state index contributed by atoms with van der Waals surface area (Å²) in [7, 11) is 2.10. The maximum absolute atomic E-state index is 4.54. The van der Waals surface area contributed by atoms with Crippen LogP contribution in [0.5, 0.6) is 0 Å². The molecule has 0 aromatic carbocycles. The lowest BCUT2D eigenvalue weighted by atomic mass is 10.1. The second kappa shape index (κ2) is 6.38. The Morgan fingerprint density at radius 1 is 1.26 bits per heavy atom. The van der Waals surface area contributed by atoms with Gasteiger partial charge in [0.1, 0.15) is 5.82 Å². The van der Waals surface area contributed by atoms with Crippen molar-refractivity contribution in [2.75, 3.05) is 7.05 Å². The number of hydrogen-bond donors (Lipinski definition) is 0. The van der Waals surface area contributed by atoms with E-state index in [4.69, 9.17) is 0 Å². The normalized spacial score (nSPS) is 12.6. The van der Waals surface area contributed by atoms with E-state index in [1.54, 1.807) is 6.20 Å². The van der Waals surface area contributed by atoms with Crippen molar-refractivity contribution in [2.45, 2.75) is 32.9 Å². The highest BCUT2D eigenvalue weighted by atomic mass is 15.1. The average Bonchev–Trinajstić information content (AvgIpc) is 2.47. The Kier molecular flexibility index (Phi) is 4.58. The second-order valence-electron chi connectivity index (χ2n) is 4.70. The van der Waals surface area contributed by atoms with Crippen molar-refractivity contribution in [3.05, 3.63) is 53.9 Å². The second-order valence-corrected chi connectivity index (χ2v) is 4.70. The topological polar surface area (TPSA) is 41.9 Å². The Bertz CT molecular complexity index is 513. The van der Waals surface area contributed by atoms with Gasteiger partial charge in [-0.25, -0.2) is 9.97 Å². The molecule has 0 saturated heterocycles. The van der Waals surface area contributed by atoms with Crippen molar-refractivity contribution in [3.63, 3.8) is 0 Å². The molecule has 4 nitrogen and oxygen atoms in total. The van der Waals surface area contributed by atoms with Gasteiger partial charge in [-0.05, 0) is 31.7 Å². The van der Waals surface area contributed by atoms with Crippen LogP contribution in [0.15, 0.2) is 36.8 Å². The van der Waals surface area contributed by atoms with E-state index in [1.807, 2.05) is 24.5 Å². The van der Waals surface area contributed by atoms with Crippen LogP contribution in [0.2, 0.25) is 0 Å². The molecule has 2 rings (SSSR count). The van der Waals surface area contributed by atoms with Crippen molar-refractivity contribution in [3.8, 4) is 0 Å². The van der Waals surface area contributed by atoms with E-state index in [0.29, 0.717) is 6.04 Å². The summed E-state index contributed by atoms with van der Waals surface area (Å²) in [6.45, 7) is 5.06. The lowest BCUT2D eigenvalue weighted by Crippen LogP contribution is -2.22. The Hall–Kier alpha value is -1.81. The molecule has 0 amide bonds. The fourth-order valence-corrected chi connectivity index (χ4v) is 1.97.